The molecule has 2 heteroatoms. The molecule has 1 saturated heterocycles. The summed E-state index contributed by atoms with van der Waals surface area (Å²) in [5, 5.41) is 1.57. The van der Waals surface area contributed by atoms with Crippen LogP contribution in [-0.4, -0.2) is 29.9 Å². The van der Waals surface area contributed by atoms with Crippen molar-refractivity contribution in [1.82, 2.24) is 0 Å². The van der Waals surface area contributed by atoms with Crippen molar-refractivity contribution in [2.45, 2.75) is 27.7 Å². The molecule has 1 heterocycles. The first-order valence-electron chi connectivity index (χ1n) is 2.59. The van der Waals surface area contributed by atoms with Crippen LogP contribution in [0.5, 0.6) is 0 Å². The molecule has 1 aliphatic rings. The zero-order chi connectivity index (χ0) is 5.11. The third kappa shape index (κ3) is 2.19. The molecular formula is C5H10Se2. The van der Waals surface area contributed by atoms with Gasteiger partial charge in [0.05, 0.1) is 0 Å². The molecule has 0 amide bonds. The molecule has 0 radical (unpaired) electrons. The van der Waals surface area contributed by atoms with Gasteiger partial charge in [-0.05, 0) is 0 Å². The summed E-state index contributed by atoms with van der Waals surface area (Å²) in [6.07, 6.45) is 1.54. The van der Waals surface area contributed by atoms with Crippen LogP contribution in [0.3, 0.4) is 0 Å². The Balaban J connectivity index is 2.12. The molecule has 0 aromatic heterocycles. The van der Waals surface area contributed by atoms with Gasteiger partial charge in [-0.25, -0.2) is 0 Å². The Morgan fingerprint density at radius 2 is 2.43 bits per heavy atom. The topological polar surface area (TPSA) is 0 Å². The van der Waals surface area contributed by atoms with E-state index in [0.717, 1.165) is 34.7 Å². The minimum absolute atomic E-state index is 1.04. The Hall–Kier alpha value is 1.04. The molecule has 1 fully saturated rings. The molecule has 7 heavy (non-hydrogen) atoms. The normalized spacial score (nSPS) is 33.0. The van der Waals surface area contributed by atoms with E-state index in [4.69, 9.17) is 0 Å². The van der Waals surface area contributed by atoms with Crippen molar-refractivity contribution in [2.75, 3.05) is 0 Å². The molecular weight excluding hydrogens is 218 g/mol. The van der Waals surface area contributed by atoms with Crippen LogP contribution in [0.4, 0.5) is 0 Å². The van der Waals surface area contributed by atoms with Crippen molar-refractivity contribution >= 4 is 29.9 Å². The summed E-state index contributed by atoms with van der Waals surface area (Å²) in [5.74, 6) is 0. The van der Waals surface area contributed by atoms with Gasteiger partial charge < -0.3 is 0 Å². The Bertz CT molecular complexity index is 48.0. The molecule has 0 aromatic carbocycles. The zero-order valence-corrected chi connectivity index (χ0v) is 7.94. The first kappa shape index (κ1) is 6.16. The summed E-state index contributed by atoms with van der Waals surface area (Å²) in [5.41, 5.74) is 0. The van der Waals surface area contributed by atoms with Crippen LogP contribution in [0.25, 0.3) is 0 Å². The number of hydrogen-bond acceptors (Lipinski definition) is 0. The van der Waals surface area contributed by atoms with E-state index in [1.54, 1.807) is 16.0 Å². The van der Waals surface area contributed by atoms with Crippen LogP contribution < -0.4 is 0 Å². The SMILES string of the molecule is CC1CC[Se]C[Se]1. The van der Waals surface area contributed by atoms with Crippen molar-refractivity contribution in [1.29, 1.82) is 0 Å². The van der Waals surface area contributed by atoms with E-state index in [1.165, 1.54) is 0 Å². The third-order valence-corrected chi connectivity index (χ3v) is 7.83. The van der Waals surface area contributed by atoms with Crippen LogP contribution >= 0.6 is 0 Å². The van der Waals surface area contributed by atoms with E-state index in [-0.39, 0.29) is 0 Å². The second kappa shape index (κ2) is 3.14. The van der Waals surface area contributed by atoms with E-state index in [1.807, 2.05) is 0 Å². The van der Waals surface area contributed by atoms with Gasteiger partial charge in [0.25, 0.3) is 0 Å². The van der Waals surface area contributed by atoms with Crippen LogP contribution in [0.2, 0.25) is 14.4 Å². The van der Waals surface area contributed by atoms with Gasteiger partial charge in [0, 0.05) is 0 Å². The van der Waals surface area contributed by atoms with E-state index in [9.17, 15) is 0 Å². The number of rotatable bonds is 0. The van der Waals surface area contributed by atoms with Gasteiger partial charge in [-0.3, -0.25) is 0 Å². The van der Waals surface area contributed by atoms with Gasteiger partial charge in [-0.15, -0.1) is 0 Å². The summed E-state index contributed by atoms with van der Waals surface area (Å²) < 4.78 is 1.61. The standard InChI is InChI=1S/C5H10Se2/c1-5-2-3-6-4-7-5/h5H,2-4H2,1H3. The first-order chi connectivity index (χ1) is 3.39. The van der Waals surface area contributed by atoms with E-state index >= 15 is 0 Å². The van der Waals surface area contributed by atoms with E-state index in [0.29, 0.717) is 0 Å². The fourth-order valence-electron chi connectivity index (χ4n) is 0.556. The molecule has 0 N–H and O–H groups in total. The molecule has 0 saturated carbocycles. The first-order valence-corrected chi connectivity index (χ1v) is 7.21. The Morgan fingerprint density at radius 3 is 2.71 bits per heavy atom. The molecule has 0 aliphatic carbocycles. The van der Waals surface area contributed by atoms with Crippen LogP contribution in [0, 0.1) is 0 Å². The monoisotopic (exact) mass is 230 g/mol. The summed E-state index contributed by atoms with van der Waals surface area (Å²) in [4.78, 5) is 1.11. The molecule has 1 atom stereocenters. The summed E-state index contributed by atoms with van der Waals surface area (Å²) in [6.45, 7) is 2.40. The molecule has 1 unspecified atom stereocenters. The van der Waals surface area contributed by atoms with E-state index in [2.05, 4.69) is 6.92 Å². The predicted molar refractivity (Wildman–Crippen MR) is 35.2 cm³/mol. The van der Waals surface area contributed by atoms with E-state index < -0.39 is 0 Å². The quantitative estimate of drug-likeness (QED) is 0.550. The minimum atomic E-state index is 1.04. The van der Waals surface area contributed by atoms with Gasteiger partial charge >= 0.3 is 57.6 Å². The molecule has 0 nitrogen and oxygen atoms in total. The van der Waals surface area contributed by atoms with Crippen molar-refractivity contribution < 1.29 is 0 Å². The Morgan fingerprint density at radius 1 is 1.57 bits per heavy atom. The van der Waals surface area contributed by atoms with Crippen molar-refractivity contribution in [3.63, 3.8) is 0 Å². The van der Waals surface area contributed by atoms with Crippen LogP contribution in [0.1, 0.15) is 13.3 Å². The van der Waals surface area contributed by atoms with Crippen LogP contribution in [-0.2, 0) is 0 Å². The maximum absolute atomic E-state index is 2.40. The molecule has 0 bridgehead atoms. The summed E-state index contributed by atoms with van der Waals surface area (Å²) >= 11 is 2.10. The van der Waals surface area contributed by atoms with Crippen molar-refractivity contribution in [3.05, 3.63) is 0 Å². The fraction of sp³-hybridized carbons (Fsp3) is 1.00. The zero-order valence-electron chi connectivity index (χ0n) is 4.52. The second-order valence-electron chi connectivity index (χ2n) is 1.79. The summed E-state index contributed by atoms with van der Waals surface area (Å²) in [6, 6.07) is 0. The Kier molecular flexibility index (Phi) is 2.77. The van der Waals surface area contributed by atoms with Crippen molar-refractivity contribution in [3.8, 4) is 0 Å². The fourth-order valence-corrected chi connectivity index (χ4v) is 8.80. The molecule has 1 aliphatic heterocycles. The van der Waals surface area contributed by atoms with Gasteiger partial charge in [0.2, 0.25) is 0 Å². The molecule has 1 rings (SSSR count). The molecule has 0 aromatic rings. The van der Waals surface area contributed by atoms with Gasteiger partial charge in [0.1, 0.15) is 0 Å². The average molecular weight is 228 g/mol. The number of hydrogen-bond donors (Lipinski definition) is 0. The summed E-state index contributed by atoms with van der Waals surface area (Å²) in [7, 11) is 0. The molecule has 0 spiro atoms. The van der Waals surface area contributed by atoms with Gasteiger partial charge in [-0.1, -0.05) is 0 Å². The molecule has 42 valence electrons. The van der Waals surface area contributed by atoms with Crippen LogP contribution in [0.15, 0.2) is 0 Å². The van der Waals surface area contributed by atoms with Crippen molar-refractivity contribution in [2.24, 2.45) is 0 Å². The second-order valence-corrected chi connectivity index (χ2v) is 8.96. The van der Waals surface area contributed by atoms with Gasteiger partial charge in [-0.2, -0.15) is 0 Å². The average Bonchev–Trinajstić information content (AvgIpc) is 1.69. The predicted octanol–water partition coefficient (Wildman–Crippen LogP) is 1.40. The van der Waals surface area contributed by atoms with Gasteiger partial charge in [0.15, 0.2) is 0 Å². The maximum atomic E-state index is 2.40. The third-order valence-electron chi connectivity index (χ3n) is 1.10. The Labute approximate surface area is 57.8 Å².